The maximum Gasteiger partial charge on any atom is 0.255 e. The molecule has 3 aromatic rings. The number of nitrogens with zero attached hydrogens (tertiary/aromatic N) is 1. The highest BCUT2D eigenvalue weighted by atomic mass is 16.3. The van der Waals surface area contributed by atoms with Gasteiger partial charge in [0.25, 0.3) is 5.91 Å². The van der Waals surface area contributed by atoms with Gasteiger partial charge in [-0.25, -0.2) is 0 Å². The molecule has 2 N–H and O–H groups in total. The number of hydrogen-bond donors (Lipinski definition) is 2. The van der Waals surface area contributed by atoms with Gasteiger partial charge in [-0.15, -0.1) is 0 Å². The van der Waals surface area contributed by atoms with E-state index in [9.17, 15) is 9.90 Å². The number of nitrogens with one attached hydrogen (secondary N) is 1. The number of aromatic hydroxyl groups is 1. The maximum atomic E-state index is 12.2. The summed E-state index contributed by atoms with van der Waals surface area (Å²) in [5.41, 5.74) is 3.29. The molecule has 0 saturated carbocycles. The molecule has 2 aromatic carbocycles. The molecule has 0 atom stereocenters. The van der Waals surface area contributed by atoms with Crippen molar-refractivity contribution >= 4 is 23.7 Å². The monoisotopic (exact) mass is 316 g/mol. The quantitative estimate of drug-likeness (QED) is 0.709. The minimum absolute atomic E-state index is 0.165. The van der Waals surface area contributed by atoms with Gasteiger partial charge in [-0.2, -0.15) is 0 Å². The van der Waals surface area contributed by atoms with Crippen LogP contribution in [0.5, 0.6) is 5.75 Å². The van der Waals surface area contributed by atoms with Crippen LogP contribution >= 0.6 is 0 Å². The highest BCUT2D eigenvalue weighted by molar-refractivity contribution is 6.04. The second kappa shape index (κ2) is 7.24. The maximum absolute atomic E-state index is 12.2. The smallest absolute Gasteiger partial charge is 0.255 e. The summed E-state index contributed by atoms with van der Waals surface area (Å²) in [6, 6.07) is 17.6. The lowest BCUT2D eigenvalue weighted by Gasteiger charge is -2.05. The van der Waals surface area contributed by atoms with Crippen molar-refractivity contribution in [3.05, 3.63) is 89.7 Å². The number of amides is 1. The molecule has 1 aromatic heterocycles. The number of anilines is 1. The van der Waals surface area contributed by atoms with Gasteiger partial charge in [0.05, 0.1) is 0 Å². The molecule has 0 bridgehead atoms. The van der Waals surface area contributed by atoms with E-state index < -0.39 is 0 Å². The number of carbonyl (C=O) groups is 1. The SMILES string of the molecule is O=C(Nc1ccc(O)cc1)c1ccc(C=Cc2ccncc2)cc1. The largest absolute Gasteiger partial charge is 0.508 e. The zero-order valence-electron chi connectivity index (χ0n) is 12.9. The molecule has 1 heterocycles. The number of rotatable bonds is 4. The molecule has 3 rings (SSSR count). The number of pyridine rings is 1. The Morgan fingerprint density at radius 3 is 2.04 bits per heavy atom. The van der Waals surface area contributed by atoms with Gasteiger partial charge in [-0.1, -0.05) is 24.3 Å². The Balaban J connectivity index is 1.66. The highest BCUT2D eigenvalue weighted by Crippen LogP contribution is 2.15. The Bertz CT molecular complexity index is 839. The normalized spacial score (nSPS) is 10.7. The zero-order valence-corrected chi connectivity index (χ0v) is 12.9. The van der Waals surface area contributed by atoms with E-state index in [0.29, 0.717) is 11.3 Å². The van der Waals surface area contributed by atoms with E-state index in [1.807, 2.05) is 36.4 Å². The third-order valence-electron chi connectivity index (χ3n) is 3.47. The van der Waals surface area contributed by atoms with Crippen molar-refractivity contribution in [2.75, 3.05) is 5.32 Å². The van der Waals surface area contributed by atoms with Crippen LogP contribution in [0.4, 0.5) is 5.69 Å². The number of aromatic nitrogens is 1. The third kappa shape index (κ3) is 4.08. The summed E-state index contributed by atoms with van der Waals surface area (Å²) < 4.78 is 0. The van der Waals surface area contributed by atoms with Crippen LogP contribution in [-0.2, 0) is 0 Å². The van der Waals surface area contributed by atoms with Crippen LogP contribution in [0, 0.1) is 0 Å². The number of hydrogen-bond acceptors (Lipinski definition) is 3. The Morgan fingerprint density at radius 2 is 1.42 bits per heavy atom. The first-order valence-corrected chi connectivity index (χ1v) is 7.49. The lowest BCUT2D eigenvalue weighted by Crippen LogP contribution is -2.11. The fourth-order valence-electron chi connectivity index (χ4n) is 2.16. The molecule has 0 aliphatic rings. The van der Waals surface area contributed by atoms with Crippen molar-refractivity contribution in [2.45, 2.75) is 0 Å². The van der Waals surface area contributed by atoms with Crippen LogP contribution in [0.3, 0.4) is 0 Å². The van der Waals surface area contributed by atoms with Crippen molar-refractivity contribution in [2.24, 2.45) is 0 Å². The highest BCUT2D eigenvalue weighted by Gasteiger charge is 2.05. The summed E-state index contributed by atoms with van der Waals surface area (Å²) in [5, 5.41) is 12.0. The van der Waals surface area contributed by atoms with Crippen LogP contribution in [0.25, 0.3) is 12.2 Å². The Labute approximate surface area is 140 Å². The van der Waals surface area contributed by atoms with Gasteiger partial charge in [-0.3, -0.25) is 9.78 Å². The van der Waals surface area contributed by atoms with Gasteiger partial charge >= 0.3 is 0 Å². The van der Waals surface area contributed by atoms with E-state index in [-0.39, 0.29) is 11.7 Å². The van der Waals surface area contributed by atoms with Crippen molar-refractivity contribution in [3.63, 3.8) is 0 Å². The first kappa shape index (κ1) is 15.5. The molecule has 4 nitrogen and oxygen atoms in total. The summed E-state index contributed by atoms with van der Waals surface area (Å²) in [4.78, 5) is 16.2. The van der Waals surface area contributed by atoms with Crippen molar-refractivity contribution < 1.29 is 9.90 Å². The van der Waals surface area contributed by atoms with Gasteiger partial charge < -0.3 is 10.4 Å². The van der Waals surface area contributed by atoms with E-state index in [4.69, 9.17) is 0 Å². The second-order valence-electron chi connectivity index (χ2n) is 5.24. The van der Waals surface area contributed by atoms with Crippen LogP contribution in [0.2, 0.25) is 0 Å². The molecular formula is C20H16N2O2. The number of benzene rings is 2. The Hall–Kier alpha value is -3.40. The molecule has 118 valence electrons. The topological polar surface area (TPSA) is 62.2 Å². The Kier molecular flexibility index (Phi) is 4.68. The van der Waals surface area contributed by atoms with E-state index in [1.54, 1.807) is 36.7 Å². The molecule has 0 fully saturated rings. The summed E-state index contributed by atoms with van der Waals surface area (Å²) in [6.45, 7) is 0. The molecular weight excluding hydrogens is 300 g/mol. The molecule has 0 aliphatic carbocycles. The summed E-state index contributed by atoms with van der Waals surface area (Å²) in [7, 11) is 0. The average Bonchev–Trinajstić information content (AvgIpc) is 2.63. The fourth-order valence-corrected chi connectivity index (χ4v) is 2.16. The zero-order chi connectivity index (χ0) is 16.8. The lowest BCUT2D eigenvalue weighted by molar-refractivity contribution is 0.102. The standard InChI is InChI=1S/C20H16N2O2/c23-19-9-7-18(8-10-19)22-20(24)17-5-3-15(4-6-17)1-2-16-11-13-21-14-12-16/h1-14,23H,(H,22,24). The average molecular weight is 316 g/mol. The van der Waals surface area contributed by atoms with E-state index in [1.165, 1.54) is 12.1 Å². The Morgan fingerprint density at radius 1 is 0.833 bits per heavy atom. The predicted molar refractivity (Wildman–Crippen MR) is 95.7 cm³/mol. The van der Waals surface area contributed by atoms with Crippen LogP contribution < -0.4 is 5.32 Å². The van der Waals surface area contributed by atoms with Gasteiger partial charge in [0.2, 0.25) is 0 Å². The molecule has 0 unspecified atom stereocenters. The number of phenols is 1. The van der Waals surface area contributed by atoms with E-state index >= 15 is 0 Å². The molecule has 0 spiro atoms. The molecule has 0 saturated heterocycles. The van der Waals surface area contributed by atoms with E-state index in [2.05, 4.69) is 10.3 Å². The molecule has 4 heteroatoms. The minimum atomic E-state index is -0.189. The first-order chi connectivity index (χ1) is 11.7. The van der Waals surface area contributed by atoms with Gasteiger partial charge in [0.15, 0.2) is 0 Å². The van der Waals surface area contributed by atoms with Gasteiger partial charge in [-0.05, 0) is 59.7 Å². The minimum Gasteiger partial charge on any atom is -0.508 e. The second-order valence-corrected chi connectivity index (χ2v) is 5.24. The summed E-state index contributed by atoms with van der Waals surface area (Å²) >= 11 is 0. The lowest BCUT2D eigenvalue weighted by atomic mass is 10.1. The van der Waals surface area contributed by atoms with Gasteiger partial charge in [0.1, 0.15) is 5.75 Å². The first-order valence-electron chi connectivity index (χ1n) is 7.49. The predicted octanol–water partition coefficient (Wildman–Crippen LogP) is 4.21. The number of carbonyl (C=O) groups excluding carboxylic acids is 1. The van der Waals surface area contributed by atoms with Crippen LogP contribution in [-0.4, -0.2) is 16.0 Å². The molecule has 1 amide bonds. The molecule has 0 radical (unpaired) electrons. The summed E-state index contributed by atoms with van der Waals surface area (Å²) in [5.74, 6) is -0.0244. The van der Waals surface area contributed by atoms with Crippen molar-refractivity contribution in [3.8, 4) is 5.75 Å². The third-order valence-corrected chi connectivity index (χ3v) is 3.47. The van der Waals surface area contributed by atoms with Crippen LogP contribution in [0.15, 0.2) is 73.1 Å². The van der Waals surface area contributed by atoms with Crippen molar-refractivity contribution in [1.29, 1.82) is 0 Å². The fraction of sp³-hybridized carbons (Fsp3) is 0. The van der Waals surface area contributed by atoms with Crippen LogP contribution in [0.1, 0.15) is 21.5 Å². The van der Waals surface area contributed by atoms with Gasteiger partial charge in [0, 0.05) is 23.6 Å². The molecule has 24 heavy (non-hydrogen) atoms. The van der Waals surface area contributed by atoms with E-state index in [0.717, 1.165) is 11.1 Å². The van der Waals surface area contributed by atoms with Crippen molar-refractivity contribution in [1.82, 2.24) is 4.98 Å². The summed E-state index contributed by atoms with van der Waals surface area (Å²) in [6.07, 6.45) is 7.47. The number of phenolic OH excluding ortho intramolecular Hbond substituents is 1. The molecule has 0 aliphatic heterocycles.